The Morgan fingerprint density at radius 1 is 1.09 bits per heavy atom. The fourth-order valence-corrected chi connectivity index (χ4v) is 11.5. The third-order valence-electron chi connectivity index (χ3n) is 13.4. The lowest BCUT2D eigenvalue weighted by molar-refractivity contribution is -0.292. The molecule has 0 radical (unpaired) electrons. The molecule has 46 heavy (non-hydrogen) atoms. The highest BCUT2D eigenvalue weighted by molar-refractivity contribution is 5.87. The zero-order valence-electron chi connectivity index (χ0n) is 26.8. The van der Waals surface area contributed by atoms with Crippen LogP contribution in [0.3, 0.4) is 0 Å². The molecular weight excluding hydrogens is 604 g/mol. The van der Waals surface area contributed by atoms with Gasteiger partial charge in [-0.05, 0) is 33.3 Å². The first-order chi connectivity index (χ1) is 21.8. The SMILES string of the molecule is C/C=C(\C)C(=O)O[C@H]1C[C@@H](OC(C)=O)C2CO[C@@H]3[C@@H]2[C@]12CO[C@@H](C(=O)OC)[C@H]2[C@](C)([C@]12O[C@@]1(C)[C@H]1C[C@@H]2OC2OC=C[C@@]21O)[C@@H]3O. The van der Waals surface area contributed by atoms with Crippen molar-refractivity contribution in [3.8, 4) is 0 Å². The summed E-state index contributed by atoms with van der Waals surface area (Å²) in [7, 11) is 1.28. The van der Waals surface area contributed by atoms with Crippen LogP contribution in [0, 0.1) is 34.5 Å². The first kappa shape index (κ1) is 30.8. The summed E-state index contributed by atoms with van der Waals surface area (Å²) < 4.78 is 49.3. The second-order valence-electron chi connectivity index (χ2n) is 14.8. The average Bonchev–Trinajstić information content (AvgIpc) is 3.48. The molecule has 5 aliphatic heterocycles. The predicted molar refractivity (Wildman–Crippen MR) is 152 cm³/mol. The first-order valence-electron chi connectivity index (χ1n) is 16.2. The molecule has 13 nitrogen and oxygen atoms in total. The van der Waals surface area contributed by atoms with Gasteiger partial charge in [-0.3, -0.25) is 4.79 Å². The summed E-state index contributed by atoms with van der Waals surface area (Å²) in [4.78, 5) is 39.4. The van der Waals surface area contributed by atoms with E-state index in [1.807, 2.05) is 13.8 Å². The number of carbonyl (C=O) groups excluding carboxylic acids is 3. The van der Waals surface area contributed by atoms with E-state index in [4.69, 9.17) is 37.9 Å². The van der Waals surface area contributed by atoms with Crippen LogP contribution in [-0.4, -0.2) is 108 Å². The van der Waals surface area contributed by atoms with Gasteiger partial charge >= 0.3 is 17.9 Å². The Morgan fingerprint density at radius 2 is 1.85 bits per heavy atom. The highest BCUT2D eigenvalue weighted by Gasteiger charge is 2.94. The number of methoxy groups -OCH3 is 1. The monoisotopic (exact) mass is 646 g/mol. The topological polar surface area (TPSA) is 169 Å². The van der Waals surface area contributed by atoms with Crippen LogP contribution in [-0.2, 0) is 52.3 Å². The largest absolute Gasteiger partial charge is 0.469 e. The summed E-state index contributed by atoms with van der Waals surface area (Å²) in [6, 6.07) is 0. The lowest BCUT2D eigenvalue weighted by Gasteiger charge is -2.64. The Labute approximate surface area is 266 Å². The minimum Gasteiger partial charge on any atom is -0.469 e. The summed E-state index contributed by atoms with van der Waals surface area (Å²) in [6.45, 7) is 8.69. The Kier molecular flexibility index (Phi) is 6.38. The van der Waals surface area contributed by atoms with Gasteiger partial charge in [-0.25, -0.2) is 9.59 Å². The van der Waals surface area contributed by atoms with Gasteiger partial charge in [0.05, 0.1) is 44.9 Å². The van der Waals surface area contributed by atoms with Crippen LogP contribution in [0.1, 0.15) is 47.5 Å². The van der Waals surface area contributed by atoms with E-state index < -0.39 is 106 Å². The zero-order valence-corrected chi connectivity index (χ0v) is 26.8. The van der Waals surface area contributed by atoms with Gasteiger partial charge in [0.25, 0.3) is 0 Å². The zero-order chi connectivity index (χ0) is 32.8. The summed E-state index contributed by atoms with van der Waals surface area (Å²) in [6.07, 6.45) is -1.08. The standard InChI is InChI=1S/C33H42O13/c1-7-14(2)26(36)44-19-10-17(43-15(3)34)16-12-41-22-21(16)31(19)13-42-23(27(37)39-6)24(31)29(4,25(22)35)33-20-11-18(30(33,5)46-33)32(38)8-9-40-28(32)45-20/h7-9,16-25,28,35,38H,10-13H2,1-6H3/b14-7+/t16?,17-,18-,19+,20+,21-,22-,23-,24+,25-,28?,29+,30+,31+,32+,33+/m1/s1. The fourth-order valence-electron chi connectivity index (χ4n) is 11.5. The van der Waals surface area contributed by atoms with Crippen LogP contribution in [0.4, 0.5) is 0 Å². The molecule has 1 spiro atoms. The third kappa shape index (κ3) is 3.30. The molecule has 2 unspecified atom stereocenters. The third-order valence-corrected chi connectivity index (χ3v) is 13.4. The second kappa shape index (κ2) is 9.54. The highest BCUT2D eigenvalue weighted by Crippen LogP contribution is 2.81. The highest BCUT2D eigenvalue weighted by atomic mass is 16.7. The van der Waals surface area contributed by atoms with E-state index in [0.717, 1.165) is 0 Å². The van der Waals surface area contributed by atoms with Gasteiger partial charge in [0.15, 0.2) is 11.7 Å². The number of esters is 3. The van der Waals surface area contributed by atoms with Gasteiger partial charge < -0.3 is 48.1 Å². The van der Waals surface area contributed by atoms with E-state index in [2.05, 4.69) is 0 Å². The molecule has 0 aromatic heterocycles. The second-order valence-corrected chi connectivity index (χ2v) is 14.8. The van der Waals surface area contributed by atoms with Gasteiger partial charge in [-0.15, -0.1) is 0 Å². The Hall–Kier alpha value is -2.55. The van der Waals surface area contributed by atoms with E-state index in [0.29, 0.717) is 12.0 Å². The Bertz CT molecular complexity index is 1440. The molecule has 2 N–H and O–H groups in total. The molecule has 3 aliphatic carbocycles. The van der Waals surface area contributed by atoms with Crippen LogP contribution < -0.4 is 0 Å². The van der Waals surface area contributed by atoms with Crippen molar-refractivity contribution in [3.05, 3.63) is 24.0 Å². The Morgan fingerprint density at radius 3 is 2.54 bits per heavy atom. The first-order valence-corrected chi connectivity index (χ1v) is 16.2. The molecule has 252 valence electrons. The summed E-state index contributed by atoms with van der Waals surface area (Å²) in [5, 5.41) is 24.5. The lowest BCUT2D eigenvalue weighted by Crippen LogP contribution is -2.75. The van der Waals surface area contributed by atoms with Gasteiger partial charge in [-0.2, -0.15) is 0 Å². The molecule has 4 saturated heterocycles. The van der Waals surface area contributed by atoms with Crippen molar-refractivity contribution in [2.75, 3.05) is 20.3 Å². The van der Waals surface area contributed by atoms with Crippen LogP contribution >= 0.6 is 0 Å². The number of rotatable bonds is 5. The van der Waals surface area contributed by atoms with Crippen molar-refractivity contribution >= 4 is 17.9 Å². The van der Waals surface area contributed by atoms with Crippen molar-refractivity contribution in [2.24, 2.45) is 34.5 Å². The smallest absolute Gasteiger partial charge is 0.335 e. The molecule has 13 heteroatoms. The van der Waals surface area contributed by atoms with Gasteiger partial charge in [-0.1, -0.05) is 13.0 Å². The maximum Gasteiger partial charge on any atom is 0.335 e. The van der Waals surface area contributed by atoms with Gasteiger partial charge in [0, 0.05) is 53.4 Å². The summed E-state index contributed by atoms with van der Waals surface area (Å²) >= 11 is 0. The van der Waals surface area contributed by atoms with Crippen molar-refractivity contribution in [3.63, 3.8) is 0 Å². The maximum absolute atomic E-state index is 13.7. The Balaban J connectivity index is 1.32. The van der Waals surface area contributed by atoms with E-state index in [9.17, 15) is 24.6 Å². The molecule has 3 saturated carbocycles. The van der Waals surface area contributed by atoms with Crippen LogP contribution in [0.15, 0.2) is 24.0 Å². The number of ether oxygens (including phenoxy) is 8. The van der Waals surface area contributed by atoms with E-state index >= 15 is 0 Å². The molecule has 0 aromatic carbocycles. The molecular formula is C33H42O13. The van der Waals surface area contributed by atoms with Gasteiger partial charge in [0.1, 0.15) is 23.4 Å². The van der Waals surface area contributed by atoms with E-state index in [-0.39, 0.29) is 25.6 Å². The molecule has 8 aliphatic rings. The van der Waals surface area contributed by atoms with Gasteiger partial charge in [0.2, 0.25) is 6.29 Å². The molecule has 0 aromatic rings. The minimum atomic E-state index is -1.45. The van der Waals surface area contributed by atoms with Crippen molar-refractivity contribution < 1.29 is 62.5 Å². The van der Waals surface area contributed by atoms with E-state index in [1.165, 1.54) is 20.3 Å². The number of aliphatic hydroxyl groups is 2. The molecule has 8 rings (SSSR count). The maximum atomic E-state index is 13.7. The summed E-state index contributed by atoms with van der Waals surface area (Å²) in [5.74, 6) is -3.82. The normalized spacial score (nSPS) is 55.4. The van der Waals surface area contributed by atoms with Crippen molar-refractivity contribution in [2.45, 2.75) is 107 Å². The predicted octanol–water partition coefficient (Wildman–Crippen LogP) is 0.934. The van der Waals surface area contributed by atoms with Crippen molar-refractivity contribution in [1.29, 1.82) is 0 Å². The van der Waals surface area contributed by atoms with E-state index in [1.54, 1.807) is 26.0 Å². The van der Waals surface area contributed by atoms with Crippen molar-refractivity contribution in [1.82, 2.24) is 0 Å². The number of hydrogen-bond donors (Lipinski definition) is 2. The van der Waals surface area contributed by atoms with Crippen LogP contribution in [0.5, 0.6) is 0 Å². The fraction of sp³-hybridized carbons (Fsp3) is 0.788. The number of aliphatic hydroxyl groups excluding tert-OH is 1. The number of carbonyl (C=O) groups is 3. The van der Waals surface area contributed by atoms with Crippen LogP contribution in [0.25, 0.3) is 0 Å². The summed E-state index contributed by atoms with van der Waals surface area (Å²) in [5.41, 5.74) is -5.67. The number of hydrogen-bond acceptors (Lipinski definition) is 13. The molecule has 0 amide bonds. The molecule has 16 atom stereocenters. The average molecular weight is 647 g/mol. The number of allylic oxidation sites excluding steroid dienone is 1. The number of fused-ring (bicyclic) bond motifs is 7. The molecule has 2 bridgehead atoms. The quantitative estimate of drug-likeness (QED) is 0.188. The van der Waals surface area contributed by atoms with Crippen LogP contribution in [0.2, 0.25) is 0 Å². The minimum absolute atomic E-state index is 0.000549. The lowest BCUT2D eigenvalue weighted by atomic mass is 9.40. The number of epoxide rings is 1. The molecule has 5 heterocycles. The molecule has 7 fully saturated rings.